The molecular formula is C10H16N2O4S. The van der Waals surface area contributed by atoms with Crippen molar-refractivity contribution >= 4 is 22.4 Å². The normalized spacial score (nSPS) is 12.2. The van der Waals surface area contributed by atoms with Gasteiger partial charge in [0.1, 0.15) is 0 Å². The summed E-state index contributed by atoms with van der Waals surface area (Å²) in [6, 6.07) is 0. The Bertz CT molecular complexity index is 356. The van der Waals surface area contributed by atoms with E-state index in [4.69, 9.17) is 10.2 Å². The van der Waals surface area contributed by atoms with Gasteiger partial charge in [0, 0.05) is 11.9 Å². The van der Waals surface area contributed by atoms with Crippen LogP contribution in [0.2, 0.25) is 0 Å². The van der Waals surface area contributed by atoms with Gasteiger partial charge in [0.05, 0.1) is 19.8 Å². The average Bonchev–Trinajstić information content (AvgIpc) is 2.82. The van der Waals surface area contributed by atoms with Crippen molar-refractivity contribution in [2.45, 2.75) is 18.9 Å². The van der Waals surface area contributed by atoms with Crippen molar-refractivity contribution in [2.24, 2.45) is 0 Å². The van der Waals surface area contributed by atoms with E-state index < -0.39 is 12.1 Å². The van der Waals surface area contributed by atoms with Gasteiger partial charge in [-0.15, -0.1) is 11.3 Å². The van der Waals surface area contributed by atoms with Gasteiger partial charge in [0.15, 0.2) is 10.8 Å². The number of methoxy groups -OCH3 is 1. The van der Waals surface area contributed by atoms with Gasteiger partial charge >= 0.3 is 5.97 Å². The first-order valence-electron chi connectivity index (χ1n) is 5.24. The van der Waals surface area contributed by atoms with Crippen LogP contribution in [0.3, 0.4) is 0 Å². The quantitative estimate of drug-likeness (QED) is 0.488. The minimum Gasteiger partial charge on any atom is -0.464 e. The lowest BCUT2D eigenvalue weighted by atomic mass is 10.2. The molecule has 3 N–H and O–H groups in total. The van der Waals surface area contributed by atoms with Crippen LogP contribution in [0.4, 0.5) is 5.13 Å². The Morgan fingerprint density at radius 1 is 1.71 bits per heavy atom. The van der Waals surface area contributed by atoms with Crippen LogP contribution in [0.1, 0.15) is 23.3 Å². The maximum absolute atomic E-state index is 11.1. The maximum Gasteiger partial charge on any atom is 0.357 e. The highest BCUT2D eigenvalue weighted by Gasteiger charge is 2.10. The highest BCUT2D eigenvalue weighted by atomic mass is 32.1. The van der Waals surface area contributed by atoms with Crippen molar-refractivity contribution in [3.05, 3.63) is 11.1 Å². The summed E-state index contributed by atoms with van der Waals surface area (Å²) >= 11 is 1.32. The third-order valence-electron chi connectivity index (χ3n) is 2.10. The van der Waals surface area contributed by atoms with Gasteiger partial charge in [-0.25, -0.2) is 9.78 Å². The zero-order valence-corrected chi connectivity index (χ0v) is 10.4. The lowest BCUT2D eigenvalue weighted by molar-refractivity contribution is 0.0595. The first-order valence-corrected chi connectivity index (χ1v) is 6.12. The van der Waals surface area contributed by atoms with E-state index >= 15 is 0 Å². The van der Waals surface area contributed by atoms with E-state index in [0.717, 1.165) is 6.42 Å². The van der Waals surface area contributed by atoms with Crippen molar-refractivity contribution in [3.8, 4) is 0 Å². The molecule has 7 heteroatoms. The van der Waals surface area contributed by atoms with Crippen molar-refractivity contribution in [1.82, 2.24) is 4.98 Å². The summed E-state index contributed by atoms with van der Waals surface area (Å²) in [7, 11) is 1.31. The van der Waals surface area contributed by atoms with E-state index in [1.165, 1.54) is 18.4 Å². The molecular weight excluding hydrogens is 244 g/mol. The van der Waals surface area contributed by atoms with Crippen molar-refractivity contribution < 1.29 is 19.7 Å². The molecule has 0 spiro atoms. The van der Waals surface area contributed by atoms with E-state index in [2.05, 4.69) is 15.0 Å². The number of aromatic nitrogens is 1. The molecule has 0 saturated carbocycles. The van der Waals surface area contributed by atoms with Crippen LogP contribution in [0.15, 0.2) is 5.38 Å². The standard InChI is InChI=1S/C10H16N2O4S/c1-16-9(15)8-6-17-10(12-8)11-4-2-3-7(14)5-13/h6-7,13-14H,2-5H2,1H3,(H,11,12). The molecule has 1 heterocycles. The van der Waals surface area contributed by atoms with Crippen molar-refractivity contribution in [3.63, 3.8) is 0 Å². The second-order valence-electron chi connectivity index (χ2n) is 3.43. The summed E-state index contributed by atoms with van der Waals surface area (Å²) in [5.74, 6) is -0.454. The summed E-state index contributed by atoms with van der Waals surface area (Å²) in [6.07, 6.45) is 0.576. The van der Waals surface area contributed by atoms with Gasteiger partial charge in [0.2, 0.25) is 0 Å². The number of rotatable bonds is 7. The summed E-state index contributed by atoms with van der Waals surface area (Å²) in [5.41, 5.74) is 0.287. The number of thiazole rings is 1. The van der Waals surface area contributed by atoms with Crippen LogP contribution < -0.4 is 5.32 Å². The second-order valence-corrected chi connectivity index (χ2v) is 4.29. The fourth-order valence-corrected chi connectivity index (χ4v) is 1.89. The largest absolute Gasteiger partial charge is 0.464 e. The van der Waals surface area contributed by atoms with E-state index in [0.29, 0.717) is 18.1 Å². The number of ether oxygens (including phenoxy) is 1. The Morgan fingerprint density at radius 3 is 3.12 bits per heavy atom. The first kappa shape index (κ1) is 13.9. The molecule has 0 fully saturated rings. The SMILES string of the molecule is COC(=O)c1csc(NCCCC(O)CO)n1. The van der Waals surface area contributed by atoms with Gasteiger partial charge in [-0.3, -0.25) is 0 Å². The number of carbonyl (C=O) groups is 1. The third kappa shape index (κ3) is 4.68. The molecule has 1 atom stereocenters. The van der Waals surface area contributed by atoms with Crippen LogP contribution in [0.5, 0.6) is 0 Å². The smallest absolute Gasteiger partial charge is 0.357 e. The Kier molecular flexibility index (Phi) is 5.88. The Hall–Kier alpha value is -1.18. The van der Waals surface area contributed by atoms with Crippen LogP contribution in [0, 0.1) is 0 Å². The predicted octanol–water partition coefficient (Wildman–Crippen LogP) is 0.475. The number of nitrogens with one attached hydrogen (secondary N) is 1. The van der Waals surface area contributed by atoms with Gasteiger partial charge in [-0.2, -0.15) is 0 Å². The molecule has 0 aliphatic carbocycles. The van der Waals surface area contributed by atoms with E-state index in [1.807, 2.05) is 0 Å². The first-order chi connectivity index (χ1) is 8.17. The Balaban J connectivity index is 2.28. The van der Waals surface area contributed by atoms with Gasteiger partial charge < -0.3 is 20.3 Å². The van der Waals surface area contributed by atoms with E-state index in [-0.39, 0.29) is 12.3 Å². The number of aliphatic hydroxyl groups excluding tert-OH is 2. The molecule has 6 nitrogen and oxygen atoms in total. The molecule has 0 amide bonds. The maximum atomic E-state index is 11.1. The zero-order valence-electron chi connectivity index (χ0n) is 9.55. The number of nitrogens with zero attached hydrogens (tertiary/aromatic N) is 1. The lowest BCUT2D eigenvalue weighted by Crippen LogP contribution is -2.13. The number of hydrogen-bond acceptors (Lipinski definition) is 7. The van der Waals surface area contributed by atoms with Gasteiger partial charge in [-0.1, -0.05) is 0 Å². The molecule has 0 bridgehead atoms. The molecule has 1 aromatic heterocycles. The number of anilines is 1. The van der Waals surface area contributed by atoms with Crippen LogP contribution in [-0.4, -0.2) is 47.5 Å². The van der Waals surface area contributed by atoms with Crippen LogP contribution >= 0.6 is 11.3 Å². The average molecular weight is 260 g/mol. The molecule has 17 heavy (non-hydrogen) atoms. The lowest BCUT2D eigenvalue weighted by Gasteiger charge is -2.06. The van der Waals surface area contributed by atoms with Gasteiger partial charge in [-0.05, 0) is 12.8 Å². The van der Waals surface area contributed by atoms with Crippen LogP contribution in [-0.2, 0) is 4.74 Å². The van der Waals surface area contributed by atoms with E-state index in [1.54, 1.807) is 5.38 Å². The van der Waals surface area contributed by atoms with Gasteiger partial charge in [0.25, 0.3) is 0 Å². The number of aliphatic hydroxyl groups is 2. The fraction of sp³-hybridized carbons (Fsp3) is 0.600. The minimum absolute atomic E-state index is 0.219. The molecule has 0 aliphatic heterocycles. The molecule has 1 aromatic rings. The summed E-state index contributed by atoms with van der Waals surface area (Å²) < 4.78 is 4.54. The molecule has 1 unspecified atom stereocenters. The highest BCUT2D eigenvalue weighted by molar-refractivity contribution is 7.13. The molecule has 1 rings (SSSR count). The Labute approximate surface area is 103 Å². The monoisotopic (exact) mass is 260 g/mol. The molecule has 0 radical (unpaired) electrons. The van der Waals surface area contributed by atoms with Crippen molar-refractivity contribution in [1.29, 1.82) is 0 Å². The number of esters is 1. The molecule has 0 aromatic carbocycles. The highest BCUT2D eigenvalue weighted by Crippen LogP contribution is 2.15. The minimum atomic E-state index is -0.668. The fourth-order valence-electron chi connectivity index (χ4n) is 1.18. The third-order valence-corrected chi connectivity index (χ3v) is 2.90. The summed E-state index contributed by atoms with van der Waals surface area (Å²) in [4.78, 5) is 15.2. The molecule has 0 aliphatic rings. The predicted molar refractivity (Wildman–Crippen MR) is 64.3 cm³/mol. The van der Waals surface area contributed by atoms with Crippen LogP contribution in [0.25, 0.3) is 0 Å². The topological polar surface area (TPSA) is 91.7 Å². The zero-order chi connectivity index (χ0) is 12.7. The second kappa shape index (κ2) is 7.21. The number of carbonyl (C=O) groups excluding carboxylic acids is 1. The molecule has 96 valence electrons. The van der Waals surface area contributed by atoms with E-state index in [9.17, 15) is 4.79 Å². The number of hydrogen-bond donors (Lipinski definition) is 3. The summed E-state index contributed by atoms with van der Waals surface area (Å²) in [6.45, 7) is 0.412. The van der Waals surface area contributed by atoms with Crippen molar-refractivity contribution in [2.75, 3.05) is 25.6 Å². The Morgan fingerprint density at radius 2 is 2.47 bits per heavy atom. The summed E-state index contributed by atoms with van der Waals surface area (Å²) in [5, 5.41) is 23.0. The molecule has 0 saturated heterocycles.